The van der Waals surface area contributed by atoms with Crippen LogP contribution in [0.5, 0.6) is 5.75 Å². The number of nitrogens with one attached hydrogen (secondary N) is 1. The van der Waals surface area contributed by atoms with E-state index >= 15 is 0 Å². The van der Waals surface area contributed by atoms with Gasteiger partial charge in [-0.3, -0.25) is 0 Å². The Hall–Kier alpha value is -3.02. The highest BCUT2D eigenvalue weighted by Crippen LogP contribution is 2.46. The Labute approximate surface area is 181 Å². The second kappa shape index (κ2) is 8.01. The summed E-state index contributed by atoms with van der Waals surface area (Å²) in [6, 6.07) is 32.2. The minimum atomic E-state index is -1.29. The smallest absolute Gasteiger partial charge is 0.190 e. The minimum Gasteiger partial charge on any atom is -0.497 e. The third kappa shape index (κ3) is 3.30. The van der Waals surface area contributed by atoms with Crippen molar-refractivity contribution in [3.63, 3.8) is 0 Å². The fourth-order valence-corrected chi connectivity index (χ4v) is 7.49. The zero-order chi connectivity index (χ0) is 20.5. The van der Waals surface area contributed by atoms with Gasteiger partial charge < -0.3 is 10.1 Å². The van der Waals surface area contributed by atoms with E-state index in [4.69, 9.17) is 4.74 Å². The number of methoxy groups -OCH3 is 1. The molecular formula is C25H20NO2S2+. The molecule has 0 radical (unpaired) electrons. The molecule has 4 aromatic carbocycles. The summed E-state index contributed by atoms with van der Waals surface area (Å²) >= 11 is 0. The Morgan fingerprint density at radius 1 is 0.733 bits per heavy atom. The molecule has 5 heteroatoms. The molecule has 0 saturated heterocycles. The summed E-state index contributed by atoms with van der Waals surface area (Å²) in [6.07, 6.45) is 0. The van der Waals surface area contributed by atoms with Gasteiger partial charge in [-0.25, -0.2) is 4.21 Å². The Balaban J connectivity index is 1.76. The molecule has 1 aliphatic rings. The van der Waals surface area contributed by atoms with Crippen molar-refractivity contribution in [1.29, 1.82) is 0 Å². The van der Waals surface area contributed by atoms with Gasteiger partial charge in [-0.05, 0) is 48.5 Å². The predicted molar refractivity (Wildman–Crippen MR) is 122 cm³/mol. The van der Waals surface area contributed by atoms with Gasteiger partial charge in [0.25, 0.3) is 0 Å². The number of rotatable bonds is 4. The highest BCUT2D eigenvalue weighted by molar-refractivity contribution is 7.98. The first-order chi connectivity index (χ1) is 14.8. The molecule has 0 spiro atoms. The normalized spacial score (nSPS) is 13.6. The molecule has 30 heavy (non-hydrogen) atoms. The van der Waals surface area contributed by atoms with E-state index in [0.29, 0.717) is 0 Å². The van der Waals surface area contributed by atoms with Gasteiger partial charge >= 0.3 is 0 Å². The van der Waals surface area contributed by atoms with E-state index in [9.17, 15) is 4.21 Å². The van der Waals surface area contributed by atoms with Gasteiger partial charge in [0, 0.05) is 11.0 Å². The monoisotopic (exact) mass is 430 g/mol. The lowest BCUT2D eigenvalue weighted by molar-refractivity contribution is 0.413. The van der Waals surface area contributed by atoms with Crippen LogP contribution in [-0.2, 0) is 21.7 Å². The molecule has 0 amide bonds. The van der Waals surface area contributed by atoms with Gasteiger partial charge in [0.2, 0.25) is 0 Å². The number of benzene rings is 4. The van der Waals surface area contributed by atoms with Crippen LogP contribution in [0.3, 0.4) is 0 Å². The van der Waals surface area contributed by atoms with Gasteiger partial charge in [0.1, 0.15) is 16.6 Å². The maximum atomic E-state index is 13.6. The number of hydrogen-bond acceptors (Lipinski definition) is 3. The summed E-state index contributed by atoms with van der Waals surface area (Å²) < 4.78 is 19.1. The molecule has 148 valence electrons. The zero-order valence-electron chi connectivity index (χ0n) is 16.4. The third-order valence-corrected chi connectivity index (χ3v) is 8.97. The molecule has 1 heterocycles. The van der Waals surface area contributed by atoms with Crippen LogP contribution in [0.1, 0.15) is 0 Å². The van der Waals surface area contributed by atoms with Crippen LogP contribution in [-0.4, -0.2) is 11.3 Å². The Bertz CT molecular complexity index is 1200. The van der Waals surface area contributed by atoms with Crippen LogP contribution in [0.15, 0.2) is 122 Å². The van der Waals surface area contributed by atoms with Crippen LogP contribution < -0.4 is 10.1 Å². The first kappa shape index (κ1) is 19.0. The van der Waals surface area contributed by atoms with E-state index in [1.807, 2.05) is 60.7 Å². The van der Waals surface area contributed by atoms with Gasteiger partial charge in [-0.2, -0.15) is 0 Å². The standard InChI is InChI=1S/C25H20NO2S2/c1-28-18-15-16-24(30(27)19-9-3-2-4-10-19)25(17-18)29-22-13-7-5-11-20(22)26-21-12-6-8-14-23(21)29/h2-17,26H,1H3/q+1. The largest absolute Gasteiger partial charge is 0.497 e. The number of para-hydroxylation sites is 2. The Morgan fingerprint density at radius 3 is 1.97 bits per heavy atom. The van der Waals surface area contributed by atoms with Crippen molar-refractivity contribution in [3.05, 3.63) is 97.1 Å². The summed E-state index contributed by atoms with van der Waals surface area (Å²) in [5, 5.41) is 3.55. The quantitative estimate of drug-likeness (QED) is 0.355. The molecule has 5 rings (SSSR count). The second-order valence-corrected chi connectivity index (χ2v) is 10.2. The van der Waals surface area contributed by atoms with Crippen molar-refractivity contribution >= 4 is 33.1 Å². The highest BCUT2D eigenvalue weighted by Gasteiger charge is 2.40. The van der Waals surface area contributed by atoms with Gasteiger partial charge in [0.15, 0.2) is 14.7 Å². The van der Waals surface area contributed by atoms with E-state index in [2.05, 4.69) is 41.7 Å². The van der Waals surface area contributed by atoms with Crippen molar-refractivity contribution in [2.45, 2.75) is 24.5 Å². The van der Waals surface area contributed by atoms with Crippen molar-refractivity contribution in [2.75, 3.05) is 12.4 Å². The highest BCUT2D eigenvalue weighted by atomic mass is 32.2. The maximum Gasteiger partial charge on any atom is 0.190 e. The molecule has 0 bridgehead atoms. The van der Waals surface area contributed by atoms with E-state index < -0.39 is 21.7 Å². The first-order valence-corrected chi connectivity index (χ1v) is 12.0. The van der Waals surface area contributed by atoms with Crippen LogP contribution >= 0.6 is 0 Å². The van der Waals surface area contributed by atoms with E-state index in [1.165, 1.54) is 9.79 Å². The first-order valence-electron chi connectivity index (χ1n) is 9.60. The molecule has 0 aromatic heterocycles. The molecule has 0 aliphatic carbocycles. The maximum absolute atomic E-state index is 13.6. The summed E-state index contributed by atoms with van der Waals surface area (Å²) in [4.78, 5) is 5.02. The van der Waals surface area contributed by atoms with Crippen LogP contribution in [0, 0.1) is 0 Å². The van der Waals surface area contributed by atoms with Crippen molar-refractivity contribution in [1.82, 2.24) is 0 Å². The number of ether oxygens (including phenoxy) is 1. The molecule has 1 unspecified atom stereocenters. The minimum absolute atomic E-state index is 0.411. The van der Waals surface area contributed by atoms with Crippen molar-refractivity contribution in [3.8, 4) is 5.75 Å². The molecular weight excluding hydrogens is 410 g/mol. The second-order valence-electron chi connectivity index (χ2n) is 6.82. The molecule has 1 atom stereocenters. The summed E-state index contributed by atoms with van der Waals surface area (Å²) in [7, 11) is -0.0371. The van der Waals surface area contributed by atoms with Crippen LogP contribution in [0.2, 0.25) is 0 Å². The molecule has 1 N–H and O–H groups in total. The fraction of sp³-hybridized carbons (Fsp3) is 0.0400. The van der Waals surface area contributed by atoms with Crippen molar-refractivity contribution in [2.24, 2.45) is 0 Å². The number of fused-ring (bicyclic) bond motifs is 2. The van der Waals surface area contributed by atoms with Crippen molar-refractivity contribution < 1.29 is 8.95 Å². The van der Waals surface area contributed by atoms with Gasteiger partial charge in [-0.1, -0.05) is 42.5 Å². The van der Waals surface area contributed by atoms with Crippen LogP contribution in [0.4, 0.5) is 11.4 Å². The predicted octanol–water partition coefficient (Wildman–Crippen LogP) is 6.01. The van der Waals surface area contributed by atoms with E-state index in [-0.39, 0.29) is 0 Å². The lowest BCUT2D eigenvalue weighted by Crippen LogP contribution is -2.16. The molecule has 4 aromatic rings. The average Bonchev–Trinajstić information content (AvgIpc) is 2.82. The average molecular weight is 431 g/mol. The summed E-state index contributed by atoms with van der Waals surface area (Å²) in [6.45, 7) is 0. The lowest BCUT2D eigenvalue weighted by Gasteiger charge is -2.22. The van der Waals surface area contributed by atoms with Gasteiger partial charge in [0.05, 0.1) is 34.2 Å². The lowest BCUT2D eigenvalue weighted by atomic mass is 10.2. The van der Waals surface area contributed by atoms with Crippen LogP contribution in [0.25, 0.3) is 0 Å². The van der Waals surface area contributed by atoms with E-state index in [1.54, 1.807) is 7.11 Å². The molecule has 3 nitrogen and oxygen atoms in total. The fourth-order valence-electron chi connectivity index (χ4n) is 3.60. The Morgan fingerprint density at radius 2 is 1.33 bits per heavy atom. The van der Waals surface area contributed by atoms with Gasteiger partial charge in [-0.15, -0.1) is 0 Å². The molecule has 0 saturated carbocycles. The number of anilines is 2. The molecule has 0 fully saturated rings. The third-order valence-electron chi connectivity index (χ3n) is 5.01. The number of hydrogen-bond donors (Lipinski definition) is 1. The SMILES string of the molecule is COc1ccc(S(=O)c2ccccc2)c([S+]2c3ccccc3Nc3ccccc32)c1. The zero-order valence-corrected chi connectivity index (χ0v) is 18.0. The topological polar surface area (TPSA) is 38.3 Å². The summed E-state index contributed by atoms with van der Waals surface area (Å²) in [5.41, 5.74) is 2.16. The Kier molecular flexibility index (Phi) is 5.07. The summed E-state index contributed by atoms with van der Waals surface area (Å²) in [5.74, 6) is 0.764. The van der Waals surface area contributed by atoms with E-state index in [0.717, 1.165) is 31.8 Å². The molecule has 1 aliphatic heterocycles.